The van der Waals surface area contributed by atoms with Crippen LogP contribution in [0.3, 0.4) is 0 Å². The fourth-order valence-corrected chi connectivity index (χ4v) is 1.48. The normalized spacial score (nSPS) is 12.0. The second-order valence-electron chi connectivity index (χ2n) is 4.67. The van der Waals surface area contributed by atoms with Crippen LogP contribution in [0.25, 0.3) is 0 Å². The Bertz CT molecular complexity index is 387. The Morgan fingerprint density at radius 3 is 2.37 bits per heavy atom. The van der Waals surface area contributed by atoms with E-state index in [0.29, 0.717) is 18.8 Å². The predicted octanol–water partition coefficient (Wildman–Crippen LogP) is 2.72. The summed E-state index contributed by atoms with van der Waals surface area (Å²) in [6.07, 6.45) is 1.16. The summed E-state index contributed by atoms with van der Waals surface area (Å²) in [5, 5.41) is 0. The highest BCUT2D eigenvalue weighted by Gasteiger charge is 2.07. The second kappa shape index (κ2) is 7.79. The van der Waals surface area contributed by atoms with Crippen molar-refractivity contribution < 1.29 is 14.3 Å². The number of hydrogen-bond donors (Lipinski definition) is 0. The van der Waals surface area contributed by atoms with Gasteiger partial charge in [0.15, 0.2) is 0 Å². The van der Waals surface area contributed by atoms with E-state index in [1.165, 1.54) is 0 Å². The summed E-state index contributed by atoms with van der Waals surface area (Å²) in [4.78, 5) is 13.7. The van der Waals surface area contributed by atoms with E-state index in [-0.39, 0.29) is 12.1 Å². The highest BCUT2D eigenvalue weighted by atomic mass is 16.6. The van der Waals surface area contributed by atoms with Gasteiger partial charge in [-0.2, -0.15) is 0 Å². The van der Waals surface area contributed by atoms with Gasteiger partial charge in [0.25, 0.3) is 0 Å². The van der Waals surface area contributed by atoms with Crippen molar-refractivity contribution in [3.63, 3.8) is 0 Å². The van der Waals surface area contributed by atoms with E-state index in [1.54, 1.807) is 12.1 Å². The summed E-state index contributed by atoms with van der Waals surface area (Å²) in [7, 11) is 3.92. The van der Waals surface area contributed by atoms with E-state index in [9.17, 15) is 4.79 Å². The number of carbonyl (C=O) groups is 1. The molecule has 0 radical (unpaired) electrons. The van der Waals surface area contributed by atoms with Crippen LogP contribution in [0.4, 0.5) is 5.69 Å². The summed E-state index contributed by atoms with van der Waals surface area (Å²) < 4.78 is 10.6. The minimum atomic E-state index is -0.307. The van der Waals surface area contributed by atoms with Gasteiger partial charge in [-0.25, -0.2) is 4.79 Å². The molecule has 0 bridgehead atoms. The van der Waals surface area contributed by atoms with Crippen LogP contribution in [-0.2, 0) is 9.47 Å². The molecule has 0 aliphatic rings. The van der Waals surface area contributed by atoms with Crippen molar-refractivity contribution in [2.75, 3.05) is 32.2 Å². The van der Waals surface area contributed by atoms with Crippen molar-refractivity contribution in [2.24, 2.45) is 0 Å². The van der Waals surface area contributed by atoms with Crippen LogP contribution in [0.15, 0.2) is 24.3 Å². The maximum absolute atomic E-state index is 11.7. The first-order chi connectivity index (χ1) is 9.04. The summed E-state index contributed by atoms with van der Waals surface area (Å²) in [6.45, 7) is 4.79. The molecule has 1 rings (SSSR count). The van der Waals surface area contributed by atoms with Gasteiger partial charge >= 0.3 is 5.97 Å². The average Bonchev–Trinajstić information content (AvgIpc) is 2.43. The number of hydrogen-bond acceptors (Lipinski definition) is 4. The number of benzene rings is 1. The van der Waals surface area contributed by atoms with Gasteiger partial charge in [0, 0.05) is 19.8 Å². The average molecular weight is 265 g/mol. The minimum absolute atomic E-state index is 0.207. The van der Waals surface area contributed by atoms with Crippen LogP contribution in [0.2, 0.25) is 0 Å². The molecule has 4 nitrogen and oxygen atoms in total. The number of rotatable bonds is 7. The van der Waals surface area contributed by atoms with Gasteiger partial charge in [-0.1, -0.05) is 6.92 Å². The fourth-order valence-electron chi connectivity index (χ4n) is 1.48. The topological polar surface area (TPSA) is 38.8 Å². The van der Waals surface area contributed by atoms with Crippen LogP contribution in [0.1, 0.15) is 30.6 Å². The summed E-state index contributed by atoms with van der Waals surface area (Å²) in [5.41, 5.74) is 1.62. The zero-order valence-electron chi connectivity index (χ0n) is 12.2. The second-order valence-corrected chi connectivity index (χ2v) is 4.67. The number of nitrogens with zero attached hydrogens (tertiary/aromatic N) is 1. The van der Waals surface area contributed by atoms with Gasteiger partial charge < -0.3 is 14.4 Å². The summed E-state index contributed by atoms with van der Waals surface area (Å²) in [6, 6.07) is 7.33. The smallest absolute Gasteiger partial charge is 0.338 e. The van der Waals surface area contributed by atoms with Gasteiger partial charge in [0.1, 0.15) is 6.61 Å². The zero-order chi connectivity index (χ0) is 14.3. The Kier molecular flexibility index (Phi) is 6.36. The Morgan fingerprint density at radius 2 is 1.84 bits per heavy atom. The molecular formula is C15H23NO3. The first-order valence-corrected chi connectivity index (χ1v) is 6.60. The highest BCUT2D eigenvalue weighted by Crippen LogP contribution is 2.12. The van der Waals surface area contributed by atoms with Crippen LogP contribution >= 0.6 is 0 Å². The predicted molar refractivity (Wildman–Crippen MR) is 76.8 cm³/mol. The zero-order valence-corrected chi connectivity index (χ0v) is 12.2. The molecule has 1 unspecified atom stereocenters. The lowest BCUT2D eigenvalue weighted by atomic mass is 10.2. The highest BCUT2D eigenvalue weighted by molar-refractivity contribution is 5.89. The standard InChI is InChI=1S/C15H23NO3/c1-5-12(2)18-10-11-19-15(17)13-6-8-14(9-7-13)16(3)4/h6-9,12H,5,10-11H2,1-4H3. The van der Waals surface area contributed by atoms with E-state index >= 15 is 0 Å². The van der Waals surface area contributed by atoms with Gasteiger partial charge in [-0.15, -0.1) is 0 Å². The van der Waals surface area contributed by atoms with Crippen molar-refractivity contribution in [3.05, 3.63) is 29.8 Å². The monoisotopic (exact) mass is 265 g/mol. The molecule has 0 spiro atoms. The molecule has 106 valence electrons. The fraction of sp³-hybridized carbons (Fsp3) is 0.533. The molecule has 0 aliphatic carbocycles. The van der Waals surface area contributed by atoms with Crippen LogP contribution in [0.5, 0.6) is 0 Å². The maximum atomic E-state index is 11.7. The largest absolute Gasteiger partial charge is 0.460 e. The Hall–Kier alpha value is -1.55. The van der Waals surface area contributed by atoms with Gasteiger partial charge in [0.2, 0.25) is 0 Å². The molecule has 0 amide bonds. The first kappa shape index (κ1) is 15.5. The van der Waals surface area contributed by atoms with Gasteiger partial charge in [-0.05, 0) is 37.6 Å². The third-order valence-corrected chi connectivity index (χ3v) is 2.91. The van der Waals surface area contributed by atoms with Crippen molar-refractivity contribution in [1.29, 1.82) is 0 Å². The van der Waals surface area contributed by atoms with Crippen molar-refractivity contribution in [3.8, 4) is 0 Å². The van der Waals surface area contributed by atoms with Crippen molar-refractivity contribution in [1.82, 2.24) is 0 Å². The maximum Gasteiger partial charge on any atom is 0.338 e. The van der Waals surface area contributed by atoms with E-state index in [0.717, 1.165) is 12.1 Å². The molecule has 0 saturated carbocycles. The van der Waals surface area contributed by atoms with E-state index in [1.807, 2.05) is 38.1 Å². The number of ether oxygens (including phenoxy) is 2. The molecule has 19 heavy (non-hydrogen) atoms. The van der Waals surface area contributed by atoms with E-state index in [2.05, 4.69) is 6.92 Å². The van der Waals surface area contributed by atoms with Gasteiger partial charge in [0.05, 0.1) is 18.3 Å². The third kappa shape index (κ3) is 5.30. The Labute approximate surface area is 115 Å². The lowest BCUT2D eigenvalue weighted by Crippen LogP contribution is -2.15. The molecule has 4 heteroatoms. The lowest BCUT2D eigenvalue weighted by Gasteiger charge is -2.13. The molecular weight excluding hydrogens is 242 g/mol. The summed E-state index contributed by atoms with van der Waals surface area (Å²) >= 11 is 0. The van der Waals surface area contributed by atoms with Crippen LogP contribution in [-0.4, -0.2) is 39.4 Å². The Balaban J connectivity index is 2.37. The van der Waals surface area contributed by atoms with E-state index in [4.69, 9.17) is 9.47 Å². The molecule has 0 fully saturated rings. The Morgan fingerprint density at radius 1 is 1.21 bits per heavy atom. The molecule has 0 saturated heterocycles. The minimum Gasteiger partial charge on any atom is -0.460 e. The molecule has 0 aromatic heterocycles. The quantitative estimate of drug-likeness (QED) is 0.561. The van der Waals surface area contributed by atoms with Crippen LogP contribution < -0.4 is 4.90 Å². The van der Waals surface area contributed by atoms with Gasteiger partial charge in [-0.3, -0.25) is 0 Å². The summed E-state index contributed by atoms with van der Waals surface area (Å²) in [5.74, 6) is -0.307. The number of anilines is 1. The lowest BCUT2D eigenvalue weighted by molar-refractivity contribution is 0.0121. The molecule has 0 heterocycles. The number of carbonyl (C=O) groups excluding carboxylic acids is 1. The van der Waals surface area contributed by atoms with Crippen molar-refractivity contribution >= 4 is 11.7 Å². The molecule has 0 aliphatic heterocycles. The molecule has 1 aromatic carbocycles. The SMILES string of the molecule is CCC(C)OCCOC(=O)c1ccc(N(C)C)cc1. The van der Waals surface area contributed by atoms with E-state index < -0.39 is 0 Å². The first-order valence-electron chi connectivity index (χ1n) is 6.60. The van der Waals surface area contributed by atoms with Crippen LogP contribution in [0, 0.1) is 0 Å². The third-order valence-electron chi connectivity index (χ3n) is 2.91. The molecule has 0 N–H and O–H groups in total. The molecule has 1 aromatic rings. The molecule has 1 atom stereocenters. The van der Waals surface area contributed by atoms with Crippen molar-refractivity contribution in [2.45, 2.75) is 26.4 Å². The number of esters is 1.